The maximum atomic E-state index is 12.8. The van der Waals surface area contributed by atoms with E-state index >= 15 is 0 Å². The van der Waals surface area contributed by atoms with Crippen LogP contribution in [0.3, 0.4) is 0 Å². The molecule has 7 heteroatoms. The lowest BCUT2D eigenvalue weighted by atomic mass is 9.99. The van der Waals surface area contributed by atoms with E-state index in [0.29, 0.717) is 30.5 Å². The number of hydrogen-bond donors (Lipinski definition) is 0. The molecule has 0 N–H and O–H groups in total. The van der Waals surface area contributed by atoms with Crippen molar-refractivity contribution in [3.05, 3.63) is 53.8 Å². The molecular weight excluding hydrogens is 330 g/mol. The van der Waals surface area contributed by atoms with Crippen LogP contribution in [0.25, 0.3) is 11.3 Å². The van der Waals surface area contributed by atoms with Crippen molar-refractivity contribution >= 4 is 5.91 Å². The number of likely N-dealkylation sites (tertiary alicyclic amines) is 1. The third kappa shape index (κ3) is 2.89. The van der Waals surface area contributed by atoms with Crippen molar-refractivity contribution in [1.29, 1.82) is 0 Å². The fraction of sp³-hybridized carbons (Fsp3) is 0.368. The van der Waals surface area contributed by atoms with Gasteiger partial charge in [0, 0.05) is 31.6 Å². The molecule has 0 saturated carbocycles. The average molecular weight is 351 g/mol. The van der Waals surface area contributed by atoms with E-state index in [4.69, 9.17) is 4.52 Å². The minimum absolute atomic E-state index is 0.0259. The smallest absolute Gasteiger partial charge is 0.272 e. The Labute approximate surface area is 151 Å². The van der Waals surface area contributed by atoms with Gasteiger partial charge in [-0.3, -0.25) is 9.48 Å². The van der Waals surface area contributed by atoms with E-state index in [2.05, 4.69) is 15.2 Å². The normalized spacial score (nSPS) is 14.7. The van der Waals surface area contributed by atoms with Gasteiger partial charge in [-0.2, -0.15) is 10.1 Å². The van der Waals surface area contributed by atoms with E-state index in [1.165, 1.54) is 0 Å². The van der Waals surface area contributed by atoms with Crippen molar-refractivity contribution in [2.75, 3.05) is 13.1 Å². The average Bonchev–Trinajstić information content (AvgIpc) is 3.21. The van der Waals surface area contributed by atoms with Crippen molar-refractivity contribution in [2.45, 2.75) is 25.7 Å². The molecule has 1 fully saturated rings. The molecule has 0 spiro atoms. The van der Waals surface area contributed by atoms with E-state index < -0.39 is 0 Å². The largest absolute Gasteiger partial charge is 0.339 e. The van der Waals surface area contributed by atoms with Gasteiger partial charge in [-0.25, -0.2) is 0 Å². The molecular formula is C19H21N5O2. The molecule has 7 nitrogen and oxygen atoms in total. The minimum Gasteiger partial charge on any atom is -0.339 e. The summed E-state index contributed by atoms with van der Waals surface area (Å²) in [7, 11) is 1.80. The first-order valence-electron chi connectivity index (χ1n) is 8.75. The lowest BCUT2D eigenvalue weighted by Gasteiger charge is -2.36. The number of hydrogen-bond acceptors (Lipinski definition) is 5. The van der Waals surface area contributed by atoms with Gasteiger partial charge in [-0.15, -0.1) is 0 Å². The summed E-state index contributed by atoms with van der Waals surface area (Å²) in [4.78, 5) is 19.0. The second kappa shape index (κ2) is 6.40. The number of aromatic nitrogens is 4. The van der Waals surface area contributed by atoms with Gasteiger partial charge in [0.25, 0.3) is 5.91 Å². The van der Waals surface area contributed by atoms with Gasteiger partial charge < -0.3 is 9.42 Å². The quantitative estimate of drug-likeness (QED) is 0.722. The molecule has 1 aromatic carbocycles. The second-order valence-corrected chi connectivity index (χ2v) is 6.96. The summed E-state index contributed by atoms with van der Waals surface area (Å²) in [6.45, 7) is 5.23. The maximum absolute atomic E-state index is 12.8. The molecule has 1 saturated heterocycles. The first kappa shape index (κ1) is 16.5. The summed E-state index contributed by atoms with van der Waals surface area (Å²) >= 11 is 0. The summed E-state index contributed by atoms with van der Waals surface area (Å²) in [6.07, 6.45) is 0. The van der Waals surface area contributed by atoms with Gasteiger partial charge >= 0.3 is 0 Å². The highest BCUT2D eigenvalue weighted by Gasteiger charge is 2.37. The van der Waals surface area contributed by atoms with Crippen molar-refractivity contribution in [3.63, 3.8) is 0 Å². The molecule has 0 aliphatic carbocycles. The molecule has 3 aromatic rings. The third-order valence-electron chi connectivity index (χ3n) is 4.66. The zero-order valence-electron chi connectivity index (χ0n) is 15.1. The topological polar surface area (TPSA) is 77.0 Å². The summed E-state index contributed by atoms with van der Waals surface area (Å²) in [6, 6.07) is 11.7. The summed E-state index contributed by atoms with van der Waals surface area (Å²) < 4.78 is 6.97. The molecule has 134 valence electrons. The Morgan fingerprint density at radius 3 is 2.62 bits per heavy atom. The highest BCUT2D eigenvalue weighted by Crippen LogP contribution is 2.29. The van der Waals surface area contributed by atoms with E-state index in [-0.39, 0.29) is 17.7 Å². The number of amides is 1. The van der Waals surface area contributed by atoms with Crippen LogP contribution in [0.15, 0.2) is 40.9 Å². The maximum Gasteiger partial charge on any atom is 0.272 e. The number of nitrogens with zero attached hydrogens (tertiary/aromatic N) is 5. The monoisotopic (exact) mass is 351 g/mol. The molecule has 4 rings (SSSR count). The number of rotatable bonds is 4. The molecule has 1 aliphatic rings. The molecule has 2 aromatic heterocycles. The Hall–Kier alpha value is -2.96. The van der Waals surface area contributed by atoms with Crippen molar-refractivity contribution in [1.82, 2.24) is 24.8 Å². The first-order valence-corrected chi connectivity index (χ1v) is 8.75. The van der Waals surface area contributed by atoms with Crippen LogP contribution in [0.1, 0.15) is 47.9 Å². The van der Waals surface area contributed by atoms with Crippen molar-refractivity contribution in [2.24, 2.45) is 7.05 Å². The molecule has 0 atom stereocenters. The molecule has 1 amide bonds. The predicted molar refractivity (Wildman–Crippen MR) is 95.7 cm³/mol. The number of carbonyl (C=O) groups is 1. The van der Waals surface area contributed by atoms with Crippen LogP contribution in [-0.2, 0) is 7.05 Å². The van der Waals surface area contributed by atoms with Gasteiger partial charge in [0.05, 0.1) is 11.6 Å². The van der Waals surface area contributed by atoms with Gasteiger partial charge in [-0.05, 0) is 6.07 Å². The molecule has 0 bridgehead atoms. The van der Waals surface area contributed by atoms with Gasteiger partial charge in [0.1, 0.15) is 5.69 Å². The summed E-state index contributed by atoms with van der Waals surface area (Å²) in [5.74, 6) is 1.65. The molecule has 0 radical (unpaired) electrons. The Morgan fingerprint density at radius 1 is 1.23 bits per heavy atom. The van der Waals surface area contributed by atoms with Crippen molar-refractivity contribution in [3.8, 4) is 11.3 Å². The molecule has 26 heavy (non-hydrogen) atoms. The minimum atomic E-state index is -0.0259. The zero-order valence-corrected chi connectivity index (χ0v) is 15.1. The molecule has 0 unspecified atom stereocenters. The van der Waals surface area contributed by atoms with Crippen LogP contribution in [0.2, 0.25) is 0 Å². The van der Waals surface area contributed by atoms with E-state index in [1.807, 2.05) is 50.2 Å². The van der Waals surface area contributed by atoms with Crippen LogP contribution in [0.5, 0.6) is 0 Å². The standard InChI is InChI=1S/C19H21N5O2/c1-12(2)17-20-18(26-22-17)14-10-24(11-14)19(25)16-9-15(21-23(16)3)13-7-5-4-6-8-13/h4-9,12,14H,10-11H2,1-3H3. The lowest BCUT2D eigenvalue weighted by Crippen LogP contribution is -2.49. The Bertz CT molecular complexity index is 923. The fourth-order valence-electron chi connectivity index (χ4n) is 3.03. The van der Waals surface area contributed by atoms with Crippen LogP contribution < -0.4 is 0 Å². The predicted octanol–water partition coefficient (Wildman–Crippen LogP) is 2.83. The highest BCUT2D eigenvalue weighted by atomic mass is 16.5. The van der Waals surface area contributed by atoms with E-state index in [9.17, 15) is 4.79 Å². The van der Waals surface area contributed by atoms with Crippen LogP contribution in [0, 0.1) is 0 Å². The second-order valence-electron chi connectivity index (χ2n) is 6.96. The van der Waals surface area contributed by atoms with Crippen LogP contribution in [-0.4, -0.2) is 43.8 Å². The summed E-state index contributed by atoms with van der Waals surface area (Å²) in [5.41, 5.74) is 2.37. The Morgan fingerprint density at radius 2 is 1.96 bits per heavy atom. The van der Waals surface area contributed by atoms with Gasteiger partial charge in [0.2, 0.25) is 5.89 Å². The van der Waals surface area contributed by atoms with Crippen molar-refractivity contribution < 1.29 is 9.32 Å². The van der Waals surface area contributed by atoms with Gasteiger partial charge in [0.15, 0.2) is 5.82 Å². The van der Waals surface area contributed by atoms with Crippen LogP contribution >= 0.6 is 0 Å². The number of carbonyl (C=O) groups excluding carboxylic acids is 1. The Balaban J connectivity index is 1.45. The van der Waals surface area contributed by atoms with E-state index in [0.717, 1.165) is 11.3 Å². The van der Waals surface area contributed by atoms with E-state index in [1.54, 1.807) is 16.6 Å². The van der Waals surface area contributed by atoms with Crippen LogP contribution in [0.4, 0.5) is 0 Å². The fourth-order valence-corrected chi connectivity index (χ4v) is 3.03. The number of aryl methyl sites for hydroxylation is 1. The van der Waals surface area contributed by atoms with Gasteiger partial charge in [-0.1, -0.05) is 49.3 Å². The number of benzene rings is 1. The Kier molecular flexibility index (Phi) is 4.06. The summed E-state index contributed by atoms with van der Waals surface area (Å²) in [5, 5.41) is 8.46. The highest BCUT2D eigenvalue weighted by molar-refractivity contribution is 5.94. The molecule has 1 aliphatic heterocycles. The molecule has 3 heterocycles. The first-order chi connectivity index (χ1) is 12.5. The zero-order chi connectivity index (χ0) is 18.3. The third-order valence-corrected chi connectivity index (χ3v) is 4.66. The SMILES string of the molecule is CC(C)c1noc(C2CN(C(=O)c3cc(-c4ccccc4)nn3C)C2)n1. The lowest BCUT2D eigenvalue weighted by molar-refractivity contribution is 0.0558.